The van der Waals surface area contributed by atoms with Crippen molar-refractivity contribution in [2.75, 3.05) is 0 Å². The van der Waals surface area contributed by atoms with Crippen LogP contribution in [0.15, 0.2) is 28.8 Å². The minimum absolute atomic E-state index is 0.0506. The molecule has 1 N–H and O–H groups in total. The Balaban J connectivity index is 2.55. The summed E-state index contributed by atoms with van der Waals surface area (Å²) in [4.78, 5) is 22.2. The Morgan fingerprint density at radius 2 is 1.80 bits per heavy atom. The molecule has 7 heteroatoms. The average molecular weight is 382 g/mol. The van der Waals surface area contributed by atoms with Gasteiger partial charge in [0.2, 0.25) is 0 Å². The van der Waals surface area contributed by atoms with Crippen LogP contribution in [0.1, 0.15) is 19.3 Å². The van der Waals surface area contributed by atoms with Crippen molar-refractivity contribution in [1.29, 1.82) is 0 Å². The third-order valence-corrected chi connectivity index (χ3v) is 3.36. The van der Waals surface area contributed by atoms with E-state index in [1.807, 2.05) is 0 Å². The van der Waals surface area contributed by atoms with E-state index in [9.17, 15) is 9.59 Å². The van der Waals surface area contributed by atoms with Crippen LogP contribution >= 0.6 is 39.1 Å². The number of carbonyl (C=O) groups excluding carboxylic acids is 1. The number of hydrogen-bond donors (Lipinski definition) is 1. The molecule has 0 aliphatic carbocycles. The van der Waals surface area contributed by atoms with Crippen molar-refractivity contribution in [3.05, 3.63) is 38.8 Å². The number of benzene rings is 1. The molecule has 0 unspecified atom stereocenters. The number of carbonyl (C=O) groups is 2. The number of carboxylic acids is 1. The van der Waals surface area contributed by atoms with Gasteiger partial charge in [-0.3, -0.25) is 4.79 Å². The fourth-order valence-electron chi connectivity index (χ4n) is 1.34. The number of esters is 1. The van der Waals surface area contributed by atoms with Gasteiger partial charge in [0.05, 0.1) is 10.0 Å². The fourth-order valence-corrected chi connectivity index (χ4v) is 2.63. The lowest BCUT2D eigenvalue weighted by molar-refractivity contribution is -0.135. The highest BCUT2D eigenvalue weighted by molar-refractivity contribution is 9.10. The molecule has 0 spiro atoms. The minimum Gasteiger partial charge on any atom is -0.478 e. The quantitative estimate of drug-likeness (QED) is 0.448. The number of ether oxygens (including phenoxy) is 1. The Bertz CT molecular complexity index is 534. The predicted molar refractivity (Wildman–Crippen MR) is 80.4 cm³/mol. The highest BCUT2D eigenvalue weighted by atomic mass is 79.9. The molecule has 1 aromatic rings. The zero-order valence-electron chi connectivity index (χ0n) is 10.3. The normalized spacial score (nSPS) is 10.2. The van der Waals surface area contributed by atoms with Gasteiger partial charge in [0, 0.05) is 16.5 Å². The number of hydrogen-bond acceptors (Lipinski definition) is 3. The molecular formula is C13H11BrCl2O4. The van der Waals surface area contributed by atoms with E-state index < -0.39 is 11.9 Å². The summed E-state index contributed by atoms with van der Waals surface area (Å²) in [5, 5.41) is 9.06. The third kappa shape index (κ3) is 5.15. The van der Waals surface area contributed by atoms with Crippen molar-refractivity contribution >= 4 is 51.1 Å². The SMILES string of the molecule is C=C(CCCC(=O)Oc1c(Cl)cc(Br)cc1Cl)C(=O)O. The van der Waals surface area contributed by atoms with E-state index in [0.717, 1.165) is 0 Å². The first kappa shape index (κ1) is 17.0. The molecule has 0 bridgehead atoms. The van der Waals surface area contributed by atoms with Crippen LogP contribution in [0.3, 0.4) is 0 Å². The molecule has 20 heavy (non-hydrogen) atoms. The lowest BCUT2D eigenvalue weighted by Gasteiger charge is -2.08. The Morgan fingerprint density at radius 3 is 2.30 bits per heavy atom. The second kappa shape index (κ2) is 7.67. The third-order valence-electron chi connectivity index (χ3n) is 2.34. The average Bonchev–Trinajstić information content (AvgIpc) is 2.33. The maximum Gasteiger partial charge on any atom is 0.330 e. The molecule has 0 aliphatic heterocycles. The highest BCUT2D eigenvalue weighted by Crippen LogP contribution is 2.36. The Labute approximate surface area is 134 Å². The van der Waals surface area contributed by atoms with E-state index in [1.54, 1.807) is 12.1 Å². The van der Waals surface area contributed by atoms with Gasteiger partial charge in [-0.05, 0) is 25.0 Å². The molecule has 1 aromatic carbocycles. The first-order valence-electron chi connectivity index (χ1n) is 5.57. The van der Waals surface area contributed by atoms with Gasteiger partial charge in [0.15, 0.2) is 5.75 Å². The van der Waals surface area contributed by atoms with Crippen molar-refractivity contribution < 1.29 is 19.4 Å². The fraction of sp³-hybridized carbons (Fsp3) is 0.231. The van der Waals surface area contributed by atoms with Gasteiger partial charge >= 0.3 is 11.9 Å². The van der Waals surface area contributed by atoms with Crippen molar-refractivity contribution in [3.8, 4) is 5.75 Å². The van der Waals surface area contributed by atoms with Gasteiger partial charge < -0.3 is 9.84 Å². The van der Waals surface area contributed by atoms with Crippen molar-refractivity contribution in [2.45, 2.75) is 19.3 Å². The summed E-state index contributed by atoms with van der Waals surface area (Å²) >= 11 is 15.1. The van der Waals surface area contributed by atoms with E-state index in [-0.39, 0.29) is 34.2 Å². The largest absolute Gasteiger partial charge is 0.478 e. The molecule has 0 heterocycles. The summed E-state index contributed by atoms with van der Waals surface area (Å²) < 4.78 is 5.74. The van der Waals surface area contributed by atoms with E-state index in [0.29, 0.717) is 10.9 Å². The number of rotatable bonds is 6. The second-order valence-corrected chi connectivity index (χ2v) is 5.66. The zero-order valence-corrected chi connectivity index (χ0v) is 13.4. The van der Waals surface area contributed by atoms with Crippen LogP contribution in [0.4, 0.5) is 0 Å². The van der Waals surface area contributed by atoms with Crippen LogP contribution in [-0.4, -0.2) is 17.0 Å². The van der Waals surface area contributed by atoms with E-state index in [2.05, 4.69) is 22.5 Å². The zero-order chi connectivity index (χ0) is 15.3. The summed E-state index contributed by atoms with van der Waals surface area (Å²) in [5.74, 6) is -1.51. The highest BCUT2D eigenvalue weighted by Gasteiger charge is 2.14. The molecule has 0 radical (unpaired) electrons. The molecule has 4 nitrogen and oxygen atoms in total. The smallest absolute Gasteiger partial charge is 0.330 e. The molecule has 0 amide bonds. The minimum atomic E-state index is -1.07. The van der Waals surface area contributed by atoms with Gasteiger partial charge in [0.1, 0.15) is 0 Å². The van der Waals surface area contributed by atoms with Crippen LogP contribution in [0, 0.1) is 0 Å². The molecule has 0 saturated carbocycles. The van der Waals surface area contributed by atoms with Crippen molar-refractivity contribution in [1.82, 2.24) is 0 Å². The summed E-state index contributed by atoms with van der Waals surface area (Å²) in [7, 11) is 0. The second-order valence-electron chi connectivity index (χ2n) is 3.93. The number of halogens is 3. The maximum absolute atomic E-state index is 11.6. The number of carboxylic acid groups (broad SMARTS) is 1. The van der Waals surface area contributed by atoms with Gasteiger partial charge in [-0.1, -0.05) is 45.7 Å². The van der Waals surface area contributed by atoms with Gasteiger partial charge in [0.25, 0.3) is 0 Å². The maximum atomic E-state index is 11.6. The van der Waals surface area contributed by atoms with Crippen LogP contribution in [-0.2, 0) is 9.59 Å². The monoisotopic (exact) mass is 380 g/mol. The molecule has 0 fully saturated rings. The first-order chi connectivity index (χ1) is 9.31. The first-order valence-corrected chi connectivity index (χ1v) is 7.12. The predicted octanol–water partition coefficient (Wildman–Crippen LogP) is 4.47. The molecular weight excluding hydrogens is 371 g/mol. The Kier molecular flexibility index (Phi) is 6.52. The van der Waals surface area contributed by atoms with Gasteiger partial charge in [-0.2, -0.15) is 0 Å². The Morgan fingerprint density at radius 1 is 1.25 bits per heavy atom. The molecule has 0 aromatic heterocycles. The standard InChI is InChI=1S/C13H11BrCl2O4/c1-7(13(18)19)3-2-4-11(17)20-12-9(15)5-8(14)6-10(12)16/h5-6H,1-4H2,(H,18,19). The van der Waals surface area contributed by atoms with Crippen LogP contribution in [0.2, 0.25) is 10.0 Å². The van der Waals surface area contributed by atoms with Crippen LogP contribution < -0.4 is 4.74 Å². The summed E-state index contributed by atoms with van der Waals surface area (Å²) in [5.41, 5.74) is 0.0532. The molecule has 0 saturated heterocycles. The molecule has 108 valence electrons. The summed E-state index contributed by atoms with van der Waals surface area (Å²) in [6.07, 6.45) is 0.594. The molecule has 1 rings (SSSR count). The lowest BCUT2D eigenvalue weighted by atomic mass is 10.1. The topological polar surface area (TPSA) is 63.6 Å². The van der Waals surface area contributed by atoms with E-state index >= 15 is 0 Å². The van der Waals surface area contributed by atoms with Crippen molar-refractivity contribution in [3.63, 3.8) is 0 Å². The summed E-state index contributed by atoms with van der Waals surface area (Å²) in [6.45, 7) is 3.37. The Hall–Kier alpha value is -1.04. The number of aliphatic carboxylic acids is 1. The van der Waals surface area contributed by atoms with Crippen molar-refractivity contribution in [2.24, 2.45) is 0 Å². The van der Waals surface area contributed by atoms with Crippen LogP contribution in [0.25, 0.3) is 0 Å². The van der Waals surface area contributed by atoms with Gasteiger partial charge in [-0.15, -0.1) is 0 Å². The van der Waals surface area contributed by atoms with Crippen LogP contribution in [0.5, 0.6) is 5.75 Å². The van der Waals surface area contributed by atoms with E-state index in [4.69, 9.17) is 33.0 Å². The lowest BCUT2D eigenvalue weighted by Crippen LogP contribution is -2.09. The van der Waals surface area contributed by atoms with Gasteiger partial charge in [-0.25, -0.2) is 4.79 Å². The van der Waals surface area contributed by atoms with E-state index in [1.165, 1.54) is 0 Å². The molecule has 0 atom stereocenters. The summed E-state index contributed by atoms with van der Waals surface area (Å²) in [6, 6.07) is 3.12. The molecule has 0 aliphatic rings.